The lowest BCUT2D eigenvalue weighted by atomic mass is 10.0. The van der Waals surface area contributed by atoms with Gasteiger partial charge in [-0.15, -0.1) is 0 Å². The van der Waals surface area contributed by atoms with Crippen LogP contribution in [0.25, 0.3) is 16.5 Å². The van der Waals surface area contributed by atoms with E-state index < -0.39 is 0 Å². The number of fused-ring (bicyclic) bond motifs is 3. The molecule has 0 radical (unpaired) electrons. The first-order valence-corrected chi connectivity index (χ1v) is 9.93. The molecule has 1 fully saturated rings. The molecule has 0 unspecified atom stereocenters. The Bertz CT molecular complexity index is 1060. The van der Waals surface area contributed by atoms with Crippen LogP contribution in [0.1, 0.15) is 29.7 Å². The van der Waals surface area contributed by atoms with E-state index in [1.54, 1.807) is 12.1 Å². The molecular formula is C23H22ClFN2. The molecule has 4 heteroatoms. The summed E-state index contributed by atoms with van der Waals surface area (Å²) in [7, 11) is 2.17. The van der Waals surface area contributed by atoms with Crippen molar-refractivity contribution in [3.05, 3.63) is 75.7 Å². The van der Waals surface area contributed by atoms with Crippen LogP contribution >= 0.6 is 11.6 Å². The number of aromatic nitrogens is 1. The van der Waals surface area contributed by atoms with Crippen molar-refractivity contribution in [2.75, 3.05) is 13.6 Å². The van der Waals surface area contributed by atoms with Gasteiger partial charge in [0.05, 0.1) is 0 Å². The Morgan fingerprint density at radius 2 is 1.85 bits per heavy atom. The number of likely N-dealkylation sites (N-methyl/N-ethyl adjacent to an activating group) is 1. The number of hydrogen-bond acceptors (Lipinski definition) is 1. The fourth-order valence-corrected chi connectivity index (χ4v) is 4.49. The molecule has 2 heterocycles. The van der Waals surface area contributed by atoms with Crippen LogP contribution in [0.4, 0.5) is 4.39 Å². The standard InChI is InChI=1S/C23H22ClFN2/c1-26-11-10-23-21(13-26)19-12-17(24)6-9-22(19)27(23)14-20(15-2-3-15)16-4-7-18(25)8-5-16/h4-9,12H,2-3,10-11,13-14H2,1H3. The van der Waals surface area contributed by atoms with E-state index in [1.807, 2.05) is 18.2 Å². The van der Waals surface area contributed by atoms with E-state index in [1.165, 1.54) is 33.3 Å². The van der Waals surface area contributed by atoms with Gasteiger partial charge < -0.3 is 9.47 Å². The molecule has 1 saturated carbocycles. The SMILES string of the molecule is CN1CCc2c(c3cc(Cl)ccc3n2CC(=C2CC2)c2ccc(F)cc2)C1. The maximum absolute atomic E-state index is 13.4. The zero-order valence-electron chi connectivity index (χ0n) is 15.4. The summed E-state index contributed by atoms with van der Waals surface area (Å²) in [6.45, 7) is 2.87. The van der Waals surface area contributed by atoms with Gasteiger partial charge in [0, 0.05) is 47.7 Å². The summed E-state index contributed by atoms with van der Waals surface area (Å²) in [5, 5.41) is 2.05. The molecule has 0 saturated heterocycles. The predicted octanol–water partition coefficient (Wildman–Crippen LogP) is 5.67. The van der Waals surface area contributed by atoms with E-state index in [-0.39, 0.29) is 5.82 Å². The van der Waals surface area contributed by atoms with Crippen LogP contribution in [0.3, 0.4) is 0 Å². The highest BCUT2D eigenvalue weighted by atomic mass is 35.5. The van der Waals surface area contributed by atoms with Crippen molar-refractivity contribution in [1.29, 1.82) is 0 Å². The van der Waals surface area contributed by atoms with Crippen molar-refractivity contribution in [1.82, 2.24) is 9.47 Å². The number of benzene rings is 2. The van der Waals surface area contributed by atoms with Crippen LogP contribution in [-0.4, -0.2) is 23.1 Å². The molecule has 2 aliphatic rings. The summed E-state index contributed by atoms with van der Waals surface area (Å²) >= 11 is 6.32. The van der Waals surface area contributed by atoms with Crippen molar-refractivity contribution in [3.63, 3.8) is 0 Å². The minimum atomic E-state index is -0.180. The summed E-state index contributed by atoms with van der Waals surface area (Å²) in [4.78, 5) is 2.37. The lowest BCUT2D eigenvalue weighted by Crippen LogP contribution is -2.27. The Morgan fingerprint density at radius 3 is 2.59 bits per heavy atom. The Morgan fingerprint density at radius 1 is 1.07 bits per heavy atom. The second-order valence-electron chi connectivity index (χ2n) is 7.75. The minimum absolute atomic E-state index is 0.180. The van der Waals surface area contributed by atoms with Gasteiger partial charge in [-0.3, -0.25) is 0 Å². The molecule has 27 heavy (non-hydrogen) atoms. The molecule has 0 bridgehead atoms. The van der Waals surface area contributed by atoms with Gasteiger partial charge >= 0.3 is 0 Å². The number of nitrogens with zero attached hydrogens (tertiary/aromatic N) is 2. The highest BCUT2D eigenvalue weighted by Crippen LogP contribution is 2.40. The monoisotopic (exact) mass is 380 g/mol. The highest BCUT2D eigenvalue weighted by Gasteiger charge is 2.25. The molecule has 3 aromatic rings. The Kier molecular flexibility index (Phi) is 4.10. The topological polar surface area (TPSA) is 8.17 Å². The molecular weight excluding hydrogens is 359 g/mol. The largest absolute Gasteiger partial charge is 0.340 e. The lowest BCUT2D eigenvalue weighted by Gasteiger charge is -2.24. The Balaban J connectivity index is 1.65. The van der Waals surface area contributed by atoms with Gasteiger partial charge in [0.2, 0.25) is 0 Å². The average molecular weight is 381 g/mol. The maximum Gasteiger partial charge on any atom is 0.123 e. The third-order valence-electron chi connectivity index (χ3n) is 5.84. The van der Waals surface area contributed by atoms with Crippen LogP contribution in [-0.2, 0) is 19.5 Å². The molecule has 2 nitrogen and oxygen atoms in total. The van der Waals surface area contributed by atoms with Crippen molar-refractivity contribution in [2.45, 2.75) is 32.4 Å². The first kappa shape index (κ1) is 17.0. The van der Waals surface area contributed by atoms with E-state index in [0.717, 1.165) is 49.5 Å². The number of rotatable bonds is 3. The molecule has 1 aliphatic carbocycles. The molecule has 2 aromatic carbocycles. The van der Waals surface area contributed by atoms with Crippen molar-refractivity contribution in [2.24, 2.45) is 0 Å². The van der Waals surface area contributed by atoms with Crippen LogP contribution in [0.5, 0.6) is 0 Å². The van der Waals surface area contributed by atoms with E-state index in [4.69, 9.17) is 11.6 Å². The molecule has 1 aliphatic heterocycles. The molecule has 0 atom stereocenters. The highest BCUT2D eigenvalue weighted by molar-refractivity contribution is 6.31. The third kappa shape index (κ3) is 3.09. The van der Waals surface area contributed by atoms with Gasteiger partial charge in [0.15, 0.2) is 0 Å². The van der Waals surface area contributed by atoms with Gasteiger partial charge in [-0.05, 0) is 66.9 Å². The first-order chi connectivity index (χ1) is 13.1. The number of allylic oxidation sites excluding steroid dienone is 2. The van der Waals surface area contributed by atoms with Gasteiger partial charge in [-0.25, -0.2) is 4.39 Å². The maximum atomic E-state index is 13.4. The smallest absolute Gasteiger partial charge is 0.123 e. The number of hydrogen-bond donors (Lipinski definition) is 0. The zero-order valence-corrected chi connectivity index (χ0v) is 16.2. The van der Waals surface area contributed by atoms with E-state index >= 15 is 0 Å². The second kappa shape index (κ2) is 6.50. The van der Waals surface area contributed by atoms with Crippen molar-refractivity contribution < 1.29 is 4.39 Å². The van der Waals surface area contributed by atoms with E-state index in [2.05, 4.69) is 28.6 Å². The molecule has 138 valence electrons. The van der Waals surface area contributed by atoms with Gasteiger partial charge in [-0.1, -0.05) is 29.3 Å². The molecule has 0 spiro atoms. The lowest BCUT2D eigenvalue weighted by molar-refractivity contribution is 0.310. The predicted molar refractivity (Wildman–Crippen MR) is 110 cm³/mol. The summed E-state index contributed by atoms with van der Waals surface area (Å²) in [6.07, 6.45) is 3.36. The van der Waals surface area contributed by atoms with Crippen LogP contribution in [0, 0.1) is 5.82 Å². The number of halogens is 2. The normalized spacial score (nSPS) is 16.6. The molecule has 1 aromatic heterocycles. The fraction of sp³-hybridized carbons (Fsp3) is 0.304. The summed E-state index contributed by atoms with van der Waals surface area (Å²) in [5.74, 6) is -0.180. The molecule has 0 N–H and O–H groups in total. The van der Waals surface area contributed by atoms with Gasteiger partial charge in [-0.2, -0.15) is 0 Å². The fourth-order valence-electron chi connectivity index (χ4n) is 4.32. The van der Waals surface area contributed by atoms with Crippen molar-refractivity contribution in [3.8, 4) is 0 Å². The second-order valence-corrected chi connectivity index (χ2v) is 8.19. The first-order valence-electron chi connectivity index (χ1n) is 9.55. The average Bonchev–Trinajstić information content (AvgIpc) is 3.45. The van der Waals surface area contributed by atoms with E-state index in [0.29, 0.717) is 0 Å². The van der Waals surface area contributed by atoms with Crippen LogP contribution < -0.4 is 0 Å². The molecule has 5 rings (SSSR count). The quantitative estimate of drug-likeness (QED) is 0.568. The minimum Gasteiger partial charge on any atom is -0.340 e. The van der Waals surface area contributed by atoms with Crippen molar-refractivity contribution >= 4 is 28.1 Å². The summed E-state index contributed by atoms with van der Waals surface area (Å²) in [6, 6.07) is 13.2. The van der Waals surface area contributed by atoms with Crippen LogP contribution in [0.15, 0.2) is 48.0 Å². The van der Waals surface area contributed by atoms with Gasteiger partial charge in [0.1, 0.15) is 5.82 Å². The van der Waals surface area contributed by atoms with Gasteiger partial charge in [0.25, 0.3) is 0 Å². The Hall–Kier alpha value is -2.10. The third-order valence-corrected chi connectivity index (χ3v) is 6.08. The van der Waals surface area contributed by atoms with Crippen LogP contribution in [0.2, 0.25) is 5.02 Å². The summed E-state index contributed by atoms with van der Waals surface area (Å²) < 4.78 is 15.9. The van der Waals surface area contributed by atoms with E-state index in [9.17, 15) is 4.39 Å². The summed E-state index contributed by atoms with van der Waals surface area (Å²) in [5.41, 5.74) is 8.07. The zero-order chi connectivity index (χ0) is 18.5. The Labute approximate surface area is 163 Å². The molecule has 0 amide bonds.